The second kappa shape index (κ2) is 9.39. The Bertz CT molecular complexity index is 386. The molecule has 22 heavy (non-hydrogen) atoms. The summed E-state index contributed by atoms with van der Waals surface area (Å²) in [4.78, 5) is 0. The van der Waals surface area contributed by atoms with Crippen LogP contribution in [0.1, 0.15) is 33.6 Å². The van der Waals surface area contributed by atoms with Crippen LogP contribution in [-0.2, 0) is 9.47 Å². The highest BCUT2D eigenvalue weighted by atomic mass is 16.7. The van der Waals surface area contributed by atoms with Crippen molar-refractivity contribution >= 4 is 0 Å². The van der Waals surface area contributed by atoms with Crippen LogP contribution in [-0.4, -0.2) is 64.3 Å². The largest absolute Gasteiger partial charge is 0.394 e. The van der Waals surface area contributed by atoms with E-state index in [1.54, 1.807) is 0 Å². The normalized spacial score (nSPS) is 32.9. The molecule has 1 saturated heterocycles. The first-order valence-corrected chi connectivity index (χ1v) is 7.58. The molecule has 5 atom stereocenters. The number of aliphatic hydroxyl groups is 4. The van der Waals surface area contributed by atoms with Crippen LogP contribution in [0.5, 0.6) is 0 Å². The summed E-state index contributed by atoms with van der Waals surface area (Å²) in [6, 6.07) is 0. The third-order valence-corrected chi connectivity index (χ3v) is 3.63. The first-order valence-electron chi connectivity index (χ1n) is 7.58. The quantitative estimate of drug-likeness (QED) is 0.510. The predicted octanol–water partition coefficient (Wildman–Crippen LogP) is 0.496. The summed E-state index contributed by atoms with van der Waals surface area (Å²) in [5, 5.41) is 38.2. The van der Waals surface area contributed by atoms with Gasteiger partial charge in [0.05, 0.1) is 13.2 Å². The highest BCUT2D eigenvalue weighted by Crippen LogP contribution is 2.22. The molecule has 0 bridgehead atoms. The molecule has 0 aromatic heterocycles. The lowest BCUT2D eigenvalue weighted by atomic mass is 9.99. The van der Waals surface area contributed by atoms with E-state index in [0.29, 0.717) is 0 Å². The molecule has 0 unspecified atom stereocenters. The minimum Gasteiger partial charge on any atom is -0.394 e. The molecule has 0 aliphatic carbocycles. The van der Waals surface area contributed by atoms with Crippen LogP contribution >= 0.6 is 0 Å². The molecule has 1 rings (SSSR count). The fourth-order valence-electron chi connectivity index (χ4n) is 2.18. The van der Waals surface area contributed by atoms with Gasteiger partial charge in [-0.2, -0.15) is 0 Å². The lowest BCUT2D eigenvalue weighted by Gasteiger charge is -2.39. The summed E-state index contributed by atoms with van der Waals surface area (Å²) < 4.78 is 10.7. The molecule has 1 aliphatic heterocycles. The van der Waals surface area contributed by atoms with Crippen LogP contribution in [0.15, 0.2) is 23.3 Å². The van der Waals surface area contributed by atoms with Gasteiger partial charge in [0.1, 0.15) is 24.4 Å². The fourth-order valence-corrected chi connectivity index (χ4v) is 2.18. The number of rotatable bonds is 7. The van der Waals surface area contributed by atoms with E-state index in [9.17, 15) is 15.3 Å². The maximum absolute atomic E-state index is 9.82. The van der Waals surface area contributed by atoms with Crippen LogP contribution in [0.3, 0.4) is 0 Å². The molecule has 1 heterocycles. The van der Waals surface area contributed by atoms with E-state index in [0.717, 1.165) is 18.4 Å². The topological polar surface area (TPSA) is 99.4 Å². The molecule has 128 valence electrons. The second-order valence-corrected chi connectivity index (χ2v) is 5.90. The molecule has 0 spiro atoms. The van der Waals surface area contributed by atoms with Crippen molar-refractivity contribution in [3.8, 4) is 0 Å². The Hall–Kier alpha value is -0.760. The summed E-state index contributed by atoms with van der Waals surface area (Å²) in [5.74, 6) is 0. The van der Waals surface area contributed by atoms with Gasteiger partial charge < -0.3 is 29.9 Å². The van der Waals surface area contributed by atoms with Gasteiger partial charge in [0.2, 0.25) is 0 Å². The molecule has 0 aromatic rings. The monoisotopic (exact) mass is 316 g/mol. The van der Waals surface area contributed by atoms with Crippen molar-refractivity contribution in [2.24, 2.45) is 0 Å². The van der Waals surface area contributed by atoms with Gasteiger partial charge in [-0.15, -0.1) is 0 Å². The van der Waals surface area contributed by atoms with Crippen molar-refractivity contribution in [1.29, 1.82) is 0 Å². The van der Waals surface area contributed by atoms with Crippen molar-refractivity contribution in [2.45, 2.75) is 64.3 Å². The summed E-state index contributed by atoms with van der Waals surface area (Å²) >= 11 is 0. The minimum atomic E-state index is -1.40. The molecule has 1 fully saturated rings. The molecule has 0 saturated carbocycles. The standard InChI is InChI=1S/C16H28O6/c1-10(2)5-4-6-11(3)7-8-21-16-15(20)14(19)13(18)12(9-17)22-16/h5,7,12-20H,4,6,8-9H2,1-3H3/b11-7+/t12-,13-,14+,15-,16+/m1/s1. The molecular weight excluding hydrogens is 288 g/mol. The van der Waals surface area contributed by atoms with Gasteiger partial charge in [-0.3, -0.25) is 0 Å². The third-order valence-electron chi connectivity index (χ3n) is 3.63. The van der Waals surface area contributed by atoms with E-state index in [4.69, 9.17) is 14.6 Å². The minimum absolute atomic E-state index is 0.226. The Kier molecular flexibility index (Phi) is 8.24. The molecule has 1 aliphatic rings. The number of ether oxygens (including phenoxy) is 2. The van der Waals surface area contributed by atoms with Gasteiger partial charge in [-0.05, 0) is 33.6 Å². The zero-order valence-electron chi connectivity index (χ0n) is 13.5. The van der Waals surface area contributed by atoms with Crippen molar-refractivity contribution in [2.75, 3.05) is 13.2 Å². The second-order valence-electron chi connectivity index (χ2n) is 5.90. The van der Waals surface area contributed by atoms with Crippen LogP contribution in [0, 0.1) is 0 Å². The van der Waals surface area contributed by atoms with Gasteiger partial charge in [0.15, 0.2) is 6.29 Å². The van der Waals surface area contributed by atoms with E-state index in [-0.39, 0.29) is 6.61 Å². The van der Waals surface area contributed by atoms with Crippen molar-refractivity contribution in [3.63, 3.8) is 0 Å². The van der Waals surface area contributed by atoms with Crippen molar-refractivity contribution in [3.05, 3.63) is 23.3 Å². The highest BCUT2D eigenvalue weighted by Gasteiger charge is 2.43. The van der Waals surface area contributed by atoms with Crippen molar-refractivity contribution in [1.82, 2.24) is 0 Å². The molecule has 0 aromatic carbocycles. The van der Waals surface area contributed by atoms with Gasteiger partial charge in [-0.25, -0.2) is 0 Å². The van der Waals surface area contributed by atoms with E-state index in [1.807, 2.05) is 13.0 Å². The number of allylic oxidation sites excluding steroid dienone is 3. The molecule has 0 radical (unpaired) electrons. The first-order chi connectivity index (χ1) is 10.4. The molecule has 0 amide bonds. The van der Waals surface area contributed by atoms with E-state index < -0.39 is 37.3 Å². The average Bonchev–Trinajstić information content (AvgIpc) is 2.47. The van der Waals surface area contributed by atoms with Gasteiger partial charge >= 0.3 is 0 Å². The van der Waals surface area contributed by atoms with E-state index in [2.05, 4.69) is 19.9 Å². The summed E-state index contributed by atoms with van der Waals surface area (Å²) in [5.41, 5.74) is 2.44. The maximum Gasteiger partial charge on any atom is 0.187 e. The Morgan fingerprint density at radius 3 is 2.32 bits per heavy atom. The first kappa shape index (κ1) is 19.3. The van der Waals surface area contributed by atoms with Crippen LogP contribution < -0.4 is 0 Å². The number of hydrogen-bond acceptors (Lipinski definition) is 6. The smallest absolute Gasteiger partial charge is 0.187 e. The van der Waals surface area contributed by atoms with Gasteiger partial charge in [0.25, 0.3) is 0 Å². The zero-order chi connectivity index (χ0) is 16.7. The van der Waals surface area contributed by atoms with Gasteiger partial charge in [0, 0.05) is 0 Å². The fraction of sp³-hybridized carbons (Fsp3) is 0.750. The molecular formula is C16H28O6. The molecule has 6 nitrogen and oxygen atoms in total. The highest BCUT2D eigenvalue weighted by molar-refractivity contribution is 5.02. The molecule has 4 N–H and O–H groups in total. The number of aliphatic hydroxyl groups excluding tert-OH is 4. The van der Waals surface area contributed by atoms with Crippen LogP contribution in [0.2, 0.25) is 0 Å². The predicted molar refractivity (Wildman–Crippen MR) is 82.1 cm³/mol. The Morgan fingerprint density at radius 2 is 1.73 bits per heavy atom. The lowest BCUT2D eigenvalue weighted by molar-refractivity contribution is -0.298. The molecule has 6 heteroatoms. The lowest BCUT2D eigenvalue weighted by Crippen LogP contribution is -2.59. The van der Waals surface area contributed by atoms with Crippen LogP contribution in [0.25, 0.3) is 0 Å². The van der Waals surface area contributed by atoms with Crippen molar-refractivity contribution < 1.29 is 29.9 Å². The summed E-state index contributed by atoms with van der Waals surface area (Å²) in [6.45, 7) is 5.88. The van der Waals surface area contributed by atoms with Gasteiger partial charge in [-0.1, -0.05) is 23.3 Å². The van der Waals surface area contributed by atoms with E-state index in [1.165, 1.54) is 5.57 Å². The summed E-state index contributed by atoms with van der Waals surface area (Å²) in [6.07, 6.45) is -0.190. The van der Waals surface area contributed by atoms with Crippen LogP contribution in [0.4, 0.5) is 0 Å². The maximum atomic E-state index is 9.82. The zero-order valence-corrected chi connectivity index (χ0v) is 13.5. The average molecular weight is 316 g/mol. The third kappa shape index (κ3) is 5.79. The Labute approximate surface area is 131 Å². The van der Waals surface area contributed by atoms with E-state index >= 15 is 0 Å². The Balaban J connectivity index is 2.44. The SMILES string of the molecule is CC(C)=CCC/C(C)=C/CO[C@H]1O[C@H](CO)[C@@H](O)[C@H](O)[C@H]1O. The summed E-state index contributed by atoms with van der Waals surface area (Å²) in [7, 11) is 0. The Morgan fingerprint density at radius 1 is 1.05 bits per heavy atom. The number of hydrogen-bond donors (Lipinski definition) is 4.